The van der Waals surface area contributed by atoms with Crippen molar-refractivity contribution in [3.8, 4) is 0 Å². The van der Waals surface area contributed by atoms with Gasteiger partial charge >= 0.3 is 0 Å². The van der Waals surface area contributed by atoms with Crippen LogP contribution >= 0.6 is 0 Å². The Labute approximate surface area is 126 Å². The fourth-order valence-electron chi connectivity index (χ4n) is 3.10. The van der Waals surface area contributed by atoms with E-state index in [2.05, 4.69) is 21.8 Å². The molecule has 116 valence electrons. The summed E-state index contributed by atoms with van der Waals surface area (Å²) >= 11 is 0. The standard InChI is InChI=1S/C16H26N4O/c1-20-15(18-16(21)11-17-10-12-7-8-12)9-14(19-20)13-5-3-2-4-6-13/h9,12-13,17H,2-8,10-11H2,1H3,(H,18,21). The monoisotopic (exact) mass is 290 g/mol. The minimum atomic E-state index is 0.0221. The Morgan fingerprint density at radius 1 is 1.29 bits per heavy atom. The molecule has 0 spiro atoms. The molecule has 2 N–H and O–H groups in total. The van der Waals surface area contributed by atoms with Crippen molar-refractivity contribution < 1.29 is 4.79 Å². The molecule has 0 aromatic carbocycles. The number of amides is 1. The summed E-state index contributed by atoms with van der Waals surface area (Å²) in [6.45, 7) is 1.35. The summed E-state index contributed by atoms with van der Waals surface area (Å²) in [5.41, 5.74) is 1.14. The second-order valence-corrected chi connectivity index (χ2v) is 6.54. The molecule has 3 rings (SSSR count). The number of nitrogens with zero attached hydrogens (tertiary/aromatic N) is 2. The molecular weight excluding hydrogens is 264 g/mol. The highest BCUT2D eigenvalue weighted by atomic mass is 16.2. The molecule has 1 aromatic heterocycles. The van der Waals surface area contributed by atoms with Gasteiger partial charge in [-0.3, -0.25) is 9.48 Å². The zero-order chi connectivity index (χ0) is 14.7. The molecule has 0 unspecified atom stereocenters. The molecule has 1 heterocycles. The van der Waals surface area contributed by atoms with Crippen molar-refractivity contribution >= 4 is 11.7 Å². The van der Waals surface area contributed by atoms with Gasteiger partial charge in [0.1, 0.15) is 5.82 Å². The van der Waals surface area contributed by atoms with E-state index in [0.29, 0.717) is 12.5 Å². The third kappa shape index (κ3) is 4.06. The molecule has 2 fully saturated rings. The topological polar surface area (TPSA) is 59.0 Å². The van der Waals surface area contributed by atoms with Crippen molar-refractivity contribution in [1.29, 1.82) is 0 Å². The van der Waals surface area contributed by atoms with Gasteiger partial charge in [0.25, 0.3) is 0 Å². The normalized spacial score (nSPS) is 19.7. The van der Waals surface area contributed by atoms with Crippen LogP contribution in [-0.4, -0.2) is 28.8 Å². The van der Waals surface area contributed by atoms with E-state index in [9.17, 15) is 4.79 Å². The van der Waals surface area contributed by atoms with Gasteiger partial charge in [-0.25, -0.2) is 0 Å². The molecule has 2 aliphatic rings. The first-order chi connectivity index (χ1) is 10.2. The highest BCUT2D eigenvalue weighted by Gasteiger charge is 2.21. The van der Waals surface area contributed by atoms with Crippen LogP contribution in [-0.2, 0) is 11.8 Å². The lowest BCUT2D eigenvalue weighted by Gasteiger charge is -2.19. The number of aryl methyl sites for hydroxylation is 1. The zero-order valence-corrected chi connectivity index (χ0v) is 12.9. The van der Waals surface area contributed by atoms with Crippen molar-refractivity contribution in [3.05, 3.63) is 11.8 Å². The van der Waals surface area contributed by atoms with E-state index < -0.39 is 0 Å². The van der Waals surface area contributed by atoms with Crippen LogP contribution in [0.15, 0.2) is 6.07 Å². The average molecular weight is 290 g/mol. The van der Waals surface area contributed by atoms with Gasteiger partial charge in [-0.15, -0.1) is 0 Å². The number of hydrogen-bond acceptors (Lipinski definition) is 3. The lowest BCUT2D eigenvalue weighted by Crippen LogP contribution is -2.30. The summed E-state index contributed by atoms with van der Waals surface area (Å²) in [6.07, 6.45) is 9.02. The van der Waals surface area contributed by atoms with E-state index in [1.807, 2.05) is 7.05 Å². The van der Waals surface area contributed by atoms with Crippen LogP contribution in [0, 0.1) is 5.92 Å². The number of hydrogen-bond donors (Lipinski definition) is 2. The Morgan fingerprint density at radius 2 is 2.05 bits per heavy atom. The van der Waals surface area contributed by atoms with Crippen molar-refractivity contribution in [2.75, 3.05) is 18.4 Å². The quantitative estimate of drug-likeness (QED) is 0.846. The van der Waals surface area contributed by atoms with E-state index >= 15 is 0 Å². The molecule has 21 heavy (non-hydrogen) atoms. The molecule has 2 saturated carbocycles. The molecule has 5 heteroatoms. The zero-order valence-electron chi connectivity index (χ0n) is 12.9. The molecule has 1 amide bonds. The summed E-state index contributed by atoms with van der Waals surface area (Å²) < 4.78 is 1.79. The first kappa shape index (κ1) is 14.6. The lowest BCUT2D eigenvalue weighted by atomic mass is 9.87. The molecule has 0 bridgehead atoms. The van der Waals surface area contributed by atoms with E-state index in [1.165, 1.54) is 44.9 Å². The largest absolute Gasteiger partial charge is 0.310 e. The average Bonchev–Trinajstić information content (AvgIpc) is 3.24. The Bertz CT molecular complexity index is 486. The summed E-state index contributed by atoms with van der Waals surface area (Å²) in [5, 5.41) is 10.8. The Morgan fingerprint density at radius 3 is 2.76 bits per heavy atom. The van der Waals surface area contributed by atoms with Crippen LogP contribution in [0.1, 0.15) is 56.6 Å². The number of carbonyl (C=O) groups is 1. The van der Waals surface area contributed by atoms with Gasteiger partial charge in [-0.1, -0.05) is 19.3 Å². The van der Waals surface area contributed by atoms with Gasteiger partial charge in [0.2, 0.25) is 5.91 Å². The fourth-order valence-corrected chi connectivity index (χ4v) is 3.10. The first-order valence-corrected chi connectivity index (χ1v) is 8.27. The molecular formula is C16H26N4O. The van der Waals surface area contributed by atoms with E-state index in [4.69, 9.17) is 0 Å². The number of rotatable bonds is 6. The van der Waals surface area contributed by atoms with E-state index in [1.54, 1.807) is 4.68 Å². The van der Waals surface area contributed by atoms with Gasteiger partial charge in [0, 0.05) is 19.0 Å². The van der Waals surface area contributed by atoms with Crippen LogP contribution in [0.2, 0.25) is 0 Å². The summed E-state index contributed by atoms with van der Waals surface area (Å²) in [4.78, 5) is 11.9. The van der Waals surface area contributed by atoms with Crippen LogP contribution in [0.5, 0.6) is 0 Å². The lowest BCUT2D eigenvalue weighted by molar-refractivity contribution is -0.115. The van der Waals surface area contributed by atoms with Crippen LogP contribution in [0.4, 0.5) is 5.82 Å². The molecule has 5 nitrogen and oxygen atoms in total. The van der Waals surface area contributed by atoms with Crippen molar-refractivity contribution in [1.82, 2.24) is 15.1 Å². The van der Waals surface area contributed by atoms with Gasteiger partial charge in [-0.2, -0.15) is 5.10 Å². The first-order valence-electron chi connectivity index (χ1n) is 8.27. The van der Waals surface area contributed by atoms with Crippen LogP contribution in [0.3, 0.4) is 0 Å². The van der Waals surface area contributed by atoms with Crippen molar-refractivity contribution in [2.45, 2.75) is 50.9 Å². The molecule has 0 radical (unpaired) electrons. The number of aromatic nitrogens is 2. The summed E-state index contributed by atoms with van der Waals surface area (Å²) in [7, 11) is 1.90. The summed E-state index contributed by atoms with van der Waals surface area (Å²) in [6, 6.07) is 2.05. The number of anilines is 1. The maximum absolute atomic E-state index is 11.9. The van der Waals surface area contributed by atoms with Gasteiger partial charge in [-0.05, 0) is 38.1 Å². The van der Waals surface area contributed by atoms with Gasteiger partial charge < -0.3 is 10.6 Å². The van der Waals surface area contributed by atoms with E-state index in [0.717, 1.165) is 24.0 Å². The summed E-state index contributed by atoms with van der Waals surface area (Å²) in [5.74, 6) is 2.21. The number of carbonyl (C=O) groups excluding carboxylic acids is 1. The Kier molecular flexibility index (Phi) is 4.58. The number of nitrogens with one attached hydrogen (secondary N) is 2. The predicted molar refractivity (Wildman–Crippen MR) is 83.3 cm³/mol. The fraction of sp³-hybridized carbons (Fsp3) is 0.750. The SMILES string of the molecule is Cn1nc(C2CCCCC2)cc1NC(=O)CNCC1CC1. The third-order valence-electron chi connectivity index (χ3n) is 4.61. The highest BCUT2D eigenvalue weighted by Crippen LogP contribution is 2.32. The Balaban J connectivity index is 1.51. The maximum Gasteiger partial charge on any atom is 0.239 e. The maximum atomic E-state index is 11.9. The minimum Gasteiger partial charge on any atom is -0.310 e. The molecule has 2 aliphatic carbocycles. The molecule has 0 saturated heterocycles. The Hall–Kier alpha value is -1.36. The molecule has 0 atom stereocenters. The van der Waals surface area contributed by atoms with Crippen LogP contribution < -0.4 is 10.6 Å². The molecule has 0 aliphatic heterocycles. The smallest absolute Gasteiger partial charge is 0.239 e. The van der Waals surface area contributed by atoms with Crippen molar-refractivity contribution in [3.63, 3.8) is 0 Å². The van der Waals surface area contributed by atoms with E-state index in [-0.39, 0.29) is 5.91 Å². The van der Waals surface area contributed by atoms with Crippen LogP contribution in [0.25, 0.3) is 0 Å². The second kappa shape index (κ2) is 6.60. The molecule has 1 aromatic rings. The van der Waals surface area contributed by atoms with Crippen molar-refractivity contribution in [2.24, 2.45) is 13.0 Å². The minimum absolute atomic E-state index is 0.0221. The van der Waals surface area contributed by atoms with Gasteiger partial charge in [0.15, 0.2) is 0 Å². The second-order valence-electron chi connectivity index (χ2n) is 6.54. The third-order valence-corrected chi connectivity index (χ3v) is 4.61. The highest BCUT2D eigenvalue weighted by molar-refractivity contribution is 5.91. The predicted octanol–water partition coefficient (Wildman–Crippen LogP) is 2.41. The van der Waals surface area contributed by atoms with Gasteiger partial charge in [0.05, 0.1) is 12.2 Å².